The first kappa shape index (κ1) is 12.3. The molecule has 0 aromatic carbocycles. The fourth-order valence-corrected chi connectivity index (χ4v) is 2.08. The van der Waals surface area contributed by atoms with Crippen molar-refractivity contribution in [3.63, 3.8) is 0 Å². The molecule has 1 aliphatic rings. The van der Waals surface area contributed by atoms with Crippen molar-refractivity contribution in [3.05, 3.63) is 23.0 Å². The largest absolute Gasteiger partial charge is 0.347 e. The molecule has 1 aromatic heterocycles. The lowest BCUT2D eigenvalue weighted by Gasteiger charge is -2.30. The van der Waals surface area contributed by atoms with Crippen molar-refractivity contribution in [2.45, 2.75) is 18.9 Å². The van der Waals surface area contributed by atoms with Gasteiger partial charge in [0.1, 0.15) is 0 Å². The molecule has 0 bridgehead atoms. The van der Waals surface area contributed by atoms with Gasteiger partial charge in [0, 0.05) is 12.6 Å². The van der Waals surface area contributed by atoms with Gasteiger partial charge in [-0.1, -0.05) is 11.6 Å². The van der Waals surface area contributed by atoms with Crippen LogP contribution in [0.1, 0.15) is 23.3 Å². The molecule has 1 atom stereocenters. The summed E-state index contributed by atoms with van der Waals surface area (Å²) in [6.45, 7) is 1.97. The molecule has 0 spiro atoms. The maximum Gasteiger partial charge on any atom is 0.272 e. The van der Waals surface area contributed by atoms with E-state index < -0.39 is 0 Å². The van der Waals surface area contributed by atoms with Crippen LogP contribution < -0.4 is 5.32 Å². The fraction of sp³-hybridized carbons (Fsp3) is 0.545. The Morgan fingerprint density at radius 1 is 1.53 bits per heavy atom. The summed E-state index contributed by atoms with van der Waals surface area (Å²) in [5, 5.41) is 10.7. The van der Waals surface area contributed by atoms with Gasteiger partial charge in [0.2, 0.25) is 0 Å². The smallest absolute Gasteiger partial charge is 0.272 e. The number of carbonyl (C=O) groups is 1. The highest BCUT2D eigenvalue weighted by Gasteiger charge is 2.20. The first-order chi connectivity index (χ1) is 8.15. The predicted octanol–water partition coefficient (Wildman–Crippen LogP) is 0.954. The molecule has 2 heterocycles. The maximum absolute atomic E-state index is 11.9. The van der Waals surface area contributed by atoms with Crippen molar-refractivity contribution < 1.29 is 4.79 Å². The van der Waals surface area contributed by atoms with E-state index in [9.17, 15) is 4.79 Å². The van der Waals surface area contributed by atoms with Crippen molar-refractivity contribution in [1.29, 1.82) is 0 Å². The second-order valence-corrected chi connectivity index (χ2v) is 4.70. The Hall–Kier alpha value is -1.20. The van der Waals surface area contributed by atoms with E-state index >= 15 is 0 Å². The minimum absolute atomic E-state index is 0.186. The number of piperidine rings is 1. The van der Waals surface area contributed by atoms with Crippen molar-refractivity contribution in [2.75, 3.05) is 20.1 Å². The second kappa shape index (κ2) is 5.42. The number of carbonyl (C=O) groups excluding carboxylic acids is 1. The van der Waals surface area contributed by atoms with E-state index in [1.54, 1.807) is 12.1 Å². The number of nitrogens with zero attached hydrogens (tertiary/aromatic N) is 3. The van der Waals surface area contributed by atoms with Crippen LogP contribution in [0.3, 0.4) is 0 Å². The Labute approximate surface area is 105 Å². The summed E-state index contributed by atoms with van der Waals surface area (Å²) < 4.78 is 0. The Morgan fingerprint density at radius 2 is 2.35 bits per heavy atom. The first-order valence-electron chi connectivity index (χ1n) is 5.64. The zero-order chi connectivity index (χ0) is 12.3. The standard InChI is InChI=1S/C11H15ClN4O/c1-16-6-2-3-8(7-16)13-11(17)9-4-5-10(12)15-14-9/h4-5,8H,2-3,6-7H2,1H3,(H,13,17). The van der Waals surface area contributed by atoms with Crippen molar-refractivity contribution >= 4 is 17.5 Å². The Balaban J connectivity index is 1.94. The van der Waals surface area contributed by atoms with Crippen LogP contribution in [0, 0.1) is 0 Å². The van der Waals surface area contributed by atoms with Crippen molar-refractivity contribution in [3.8, 4) is 0 Å². The number of nitrogens with one attached hydrogen (secondary N) is 1. The molecule has 0 saturated carbocycles. The van der Waals surface area contributed by atoms with Crippen LogP contribution in [0.25, 0.3) is 0 Å². The van der Waals surface area contributed by atoms with Gasteiger partial charge in [-0.3, -0.25) is 4.79 Å². The minimum atomic E-state index is -0.186. The molecular formula is C11H15ClN4O. The van der Waals surface area contributed by atoms with E-state index in [0.29, 0.717) is 10.8 Å². The Morgan fingerprint density at radius 3 is 3.00 bits per heavy atom. The summed E-state index contributed by atoms with van der Waals surface area (Å²) in [4.78, 5) is 14.1. The topological polar surface area (TPSA) is 58.1 Å². The predicted molar refractivity (Wildman–Crippen MR) is 65.0 cm³/mol. The monoisotopic (exact) mass is 254 g/mol. The van der Waals surface area contributed by atoms with Crippen molar-refractivity contribution in [2.24, 2.45) is 0 Å². The van der Waals surface area contributed by atoms with Gasteiger partial charge in [-0.15, -0.1) is 10.2 Å². The Kier molecular flexibility index (Phi) is 3.91. The van der Waals surface area contributed by atoms with Gasteiger partial charge in [-0.25, -0.2) is 0 Å². The van der Waals surface area contributed by atoms with Crippen LogP contribution in [0.2, 0.25) is 5.15 Å². The number of amides is 1. The maximum atomic E-state index is 11.9. The van der Waals surface area contributed by atoms with E-state index in [4.69, 9.17) is 11.6 Å². The van der Waals surface area contributed by atoms with Crippen molar-refractivity contribution in [1.82, 2.24) is 20.4 Å². The average molecular weight is 255 g/mol. The summed E-state index contributed by atoms with van der Waals surface area (Å²) in [5.74, 6) is -0.186. The highest BCUT2D eigenvalue weighted by Crippen LogP contribution is 2.09. The number of rotatable bonds is 2. The van der Waals surface area contributed by atoms with E-state index in [1.165, 1.54) is 0 Å². The highest BCUT2D eigenvalue weighted by atomic mass is 35.5. The molecule has 0 aliphatic carbocycles. The lowest BCUT2D eigenvalue weighted by Crippen LogP contribution is -2.46. The highest BCUT2D eigenvalue weighted by molar-refractivity contribution is 6.29. The van der Waals surface area contributed by atoms with Gasteiger partial charge in [0.25, 0.3) is 5.91 Å². The number of aromatic nitrogens is 2. The van der Waals surface area contributed by atoms with Crippen LogP contribution in [-0.4, -0.2) is 47.2 Å². The summed E-state index contributed by atoms with van der Waals surface area (Å²) in [6, 6.07) is 3.34. The zero-order valence-corrected chi connectivity index (χ0v) is 10.4. The summed E-state index contributed by atoms with van der Waals surface area (Å²) in [5.41, 5.74) is 0.308. The second-order valence-electron chi connectivity index (χ2n) is 4.32. The lowest BCUT2D eigenvalue weighted by molar-refractivity contribution is 0.0906. The number of likely N-dealkylation sites (tertiary alicyclic amines) is 1. The molecule has 1 saturated heterocycles. The molecule has 1 N–H and O–H groups in total. The molecule has 5 nitrogen and oxygen atoms in total. The third-order valence-corrected chi connectivity index (χ3v) is 3.03. The molecular weight excluding hydrogens is 240 g/mol. The Bertz CT molecular complexity index is 395. The van der Waals surface area contributed by atoms with E-state index in [0.717, 1.165) is 25.9 Å². The van der Waals surface area contributed by atoms with Crippen LogP contribution in [0.5, 0.6) is 0 Å². The third kappa shape index (κ3) is 3.38. The van der Waals surface area contributed by atoms with Crippen LogP contribution in [0.15, 0.2) is 12.1 Å². The molecule has 6 heteroatoms. The molecule has 1 aliphatic heterocycles. The molecule has 1 fully saturated rings. The fourth-order valence-electron chi connectivity index (χ4n) is 1.98. The zero-order valence-electron chi connectivity index (χ0n) is 9.69. The molecule has 1 amide bonds. The average Bonchev–Trinajstić information content (AvgIpc) is 2.29. The normalized spacial score (nSPS) is 21.2. The molecule has 92 valence electrons. The minimum Gasteiger partial charge on any atom is -0.347 e. The number of halogens is 1. The van der Waals surface area contributed by atoms with Gasteiger partial charge < -0.3 is 10.2 Å². The lowest BCUT2D eigenvalue weighted by atomic mass is 10.1. The van der Waals surface area contributed by atoms with E-state index in [-0.39, 0.29) is 11.9 Å². The molecule has 1 aromatic rings. The number of likely N-dealkylation sites (N-methyl/N-ethyl adjacent to an activating group) is 1. The quantitative estimate of drug-likeness (QED) is 0.854. The molecule has 2 rings (SSSR count). The van der Waals surface area contributed by atoms with Crippen LogP contribution in [-0.2, 0) is 0 Å². The summed E-state index contributed by atoms with van der Waals surface area (Å²) in [7, 11) is 2.06. The molecule has 0 radical (unpaired) electrons. The van der Waals surface area contributed by atoms with Crippen LogP contribution in [0.4, 0.5) is 0 Å². The SMILES string of the molecule is CN1CCCC(NC(=O)c2ccc(Cl)nn2)C1. The van der Waals surface area contributed by atoms with Gasteiger partial charge in [-0.2, -0.15) is 0 Å². The van der Waals surface area contributed by atoms with E-state index in [2.05, 4.69) is 27.5 Å². The summed E-state index contributed by atoms with van der Waals surface area (Å²) in [6.07, 6.45) is 2.12. The van der Waals surface area contributed by atoms with Gasteiger partial charge in [0.05, 0.1) is 0 Å². The number of hydrogen-bond acceptors (Lipinski definition) is 4. The van der Waals surface area contributed by atoms with Crippen LogP contribution >= 0.6 is 11.6 Å². The number of hydrogen-bond donors (Lipinski definition) is 1. The first-order valence-corrected chi connectivity index (χ1v) is 6.01. The van der Waals surface area contributed by atoms with Gasteiger partial charge in [0.15, 0.2) is 10.8 Å². The molecule has 1 unspecified atom stereocenters. The summed E-state index contributed by atoms with van der Waals surface area (Å²) >= 11 is 5.62. The van der Waals surface area contributed by atoms with Gasteiger partial charge >= 0.3 is 0 Å². The third-order valence-electron chi connectivity index (χ3n) is 2.82. The van der Waals surface area contributed by atoms with Gasteiger partial charge in [-0.05, 0) is 38.6 Å². The molecule has 17 heavy (non-hydrogen) atoms. The van der Waals surface area contributed by atoms with E-state index in [1.807, 2.05) is 0 Å².